The van der Waals surface area contributed by atoms with Gasteiger partial charge in [-0.15, -0.1) is 0 Å². The number of carbonyl (C=O) groups excluding carboxylic acids is 1. The summed E-state index contributed by atoms with van der Waals surface area (Å²) in [4.78, 5) is 22.2. The first-order valence-electron chi connectivity index (χ1n) is 7.42. The van der Waals surface area contributed by atoms with Gasteiger partial charge in [0.15, 0.2) is 9.84 Å². The molecule has 0 saturated carbocycles. The molecule has 122 valence electrons. The van der Waals surface area contributed by atoms with E-state index in [9.17, 15) is 13.2 Å². The molecule has 1 unspecified atom stereocenters. The number of sulfone groups is 1. The molecule has 1 N–H and O–H groups in total. The molecule has 0 bridgehead atoms. The Morgan fingerprint density at radius 1 is 1.41 bits per heavy atom. The van der Waals surface area contributed by atoms with Gasteiger partial charge in [0.1, 0.15) is 0 Å². The van der Waals surface area contributed by atoms with Crippen molar-refractivity contribution in [2.75, 3.05) is 23.0 Å². The zero-order chi connectivity index (χ0) is 16.3. The third-order valence-electron chi connectivity index (χ3n) is 3.57. The monoisotopic (exact) mass is 326 g/mol. The number of hydrogen-bond acceptors (Lipinski definition) is 6. The molecule has 1 aromatic heterocycles. The summed E-state index contributed by atoms with van der Waals surface area (Å²) in [5.41, 5.74) is 0.396. The highest BCUT2D eigenvalue weighted by Gasteiger charge is 2.32. The van der Waals surface area contributed by atoms with Gasteiger partial charge in [0, 0.05) is 31.0 Å². The molecule has 0 aliphatic carbocycles. The molecule has 2 rings (SSSR count). The first-order chi connectivity index (χ1) is 10.3. The Labute approximate surface area is 131 Å². The molecule has 1 aliphatic heterocycles. The van der Waals surface area contributed by atoms with Crippen molar-refractivity contribution in [2.24, 2.45) is 0 Å². The number of carbonyl (C=O) groups is 1. The molecular weight excluding hydrogens is 304 g/mol. The van der Waals surface area contributed by atoms with Crippen LogP contribution in [0.1, 0.15) is 37.6 Å². The van der Waals surface area contributed by atoms with Crippen LogP contribution in [0.25, 0.3) is 0 Å². The van der Waals surface area contributed by atoms with Crippen molar-refractivity contribution in [1.29, 1.82) is 0 Å². The Balaban J connectivity index is 2.13. The maximum atomic E-state index is 11.9. The van der Waals surface area contributed by atoms with Crippen LogP contribution >= 0.6 is 0 Å². The SMILES string of the molecule is CCN(c1ncc(C(=O)NC(C)C)cn1)C1CCS(=O)(=O)C1. The van der Waals surface area contributed by atoms with E-state index in [0.717, 1.165) is 0 Å². The van der Waals surface area contributed by atoms with Gasteiger partial charge in [-0.25, -0.2) is 18.4 Å². The Kier molecular flexibility index (Phi) is 5.00. The zero-order valence-electron chi connectivity index (χ0n) is 13.1. The molecule has 22 heavy (non-hydrogen) atoms. The Hall–Kier alpha value is -1.70. The van der Waals surface area contributed by atoms with Crippen molar-refractivity contribution < 1.29 is 13.2 Å². The van der Waals surface area contributed by atoms with Crippen LogP contribution in [-0.4, -0.2) is 54.4 Å². The molecule has 1 atom stereocenters. The summed E-state index contributed by atoms with van der Waals surface area (Å²) in [7, 11) is -2.96. The van der Waals surface area contributed by atoms with Crippen LogP contribution in [0.15, 0.2) is 12.4 Å². The van der Waals surface area contributed by atoms with Gasteiger partial charge in [0.25, 0.3) is 5.91 Å². The van der Waals surface area contributed by atoms with Gasteiger partial charge in [-0.2, -0.15) is 0 Å². The Morgan fingerprint density at radius 2 is 2.05 bits per heavy atom. The second-order valence-corrected chi connectivity index (χ2v) is 7.97. The second-order valence-electron chi connectivity index (χ2n) is 5.74. The van der Waals surface area contributed by atoms with Crippen molar-refractivity contribution in [3.63, 3.8) is 0 Å². The average molecular weight is 326 g/mol. The Morgan fingerprint density at radius 3 is 2.50 bits per heavy atom. The van der Waals surface area contributed by atoms with Crippen LogP contribution in [-0.2, 0) is 9.84 Å². The van der Waals surface area contributed by atoms with E-state index in [-0.39, 0.29) is 29.5 Å². The fraction of sp³-hybridized carbons (Fsp3) is 0.643. The number of aromatic nitrogens is 2. The molecule has 1 aromatic rings. The predicted octanol–water partition coefficient (Wildman–Crippen LogP) is 0.628. The summed E-state index contributed by atoms with van der Waals surface area (Å²) < 4.78 is 23.2. The number of nitrogens with one attached hydrogen (secondary N) is 1. The van der Waals surface area contributed by atoms with Gasteiger partial charge in [-0.1, -0.05) is 0 Å². The van der Waals surface area contributed by atoms with E-state index in [1.165, 1.54) is 12.4 Å². The molecule has 0 aromatic carbocycles. The minimum absolute atomic E-state index is 0.0445. The third-order valence-corrected chi connectivity index (χ3v) is 5.32. The first kappa shape index (κ1) is 16.7. The zero-order valence-corrected chi connectivity index (χ0v) is 13.9. The van der Waals surface area contributed by atoms with Gasteiger partial charge >= 0.3 is 0 Å². The van der Waals surface area contributed by atoms with Crippen molar-refractivity contribution >= 4 is 21.7 Å². The van der Waals surface area contributed by atoms with Crippen LogP contribution in [0.3, 0.4) is 0 Å². The lowest BCUT2D eigenvalue weighted by atomic mass is 10.2. The van der Waals surface area contributed by atoms with E-state index in [0.29, 0.717) is 24.5 Å². The maximum absolute atomic E-state index is 11.9. The smallest absolute Gasteiger partial charge is 0.254 e. The van der Waals surface area contributed by atoms with E-state index in [4.69, 9.17) is 0 Å². The fourth-order valence-corrected chi connectivity index (χ4v) is 4.25. The van der Waals surface area contributed by atoms with Crippen molar-refractivity contribution in [1.82, 2.24) is 15.3 Å². The average Bonchev–Trinajstić information content (AvgIpc) is 2.80. The lowest BCUT2D eigenvalue weighted by Gasteiger charge is -2.26. The lowest BCUT2D eigenvalue weighted by Crippen LogP contribution is -2.37. The number of hydrogen-bond donors (Lipinski definition) is 1. The van der Waals surface area contributed by atoms with E-state index in [2.05, 4.69) is 15.3 Å². The van der Waals surface area contributed by atoms with E-state index >= 15 is 0 Å². The standard InChI is InChI=1S/C14H22N4O3S/c1-4-18(12-5-6-22(20,21)9-12)14-15-7-11(8-16-14)13(19)17-10(2)3/h7-8,10,12H,4-6,9H2,1-3H3,(H,17,19). The second kappa shape index (κ2) is 6.60. The summed E-state index contributed by atoms with van der Waals surface area (Å²) in [6.45, 7) is 6.32. The molecule has 1 fully saturated rings. The highest BCUT2D eigenvalue weighted by atomic mass is 32.2. The summed E-state index contributed by atoms with van der Waals surface area (Å²) in [5, 5.41) is 2.78. The van der Waals surface area contributed by atoms with Crippen LogP contribution in [0.4, 0.5) is 5.95 Å². The van der Waals surface area contributed by atoms with E-state index in [1.54, 1.807) is 0 Å². The van der Waals surface area contributed by atoms with E-state index in [1.807, 2.05) is 25.7 Å². The molecule has 1 aliphatic rings. The van der Waals surface area contributed by atoms with Crippen LogP contribution in [0.5, 0.6) is 0 Å². The van der Waals surface area contributed by atoms with Crippen molar-refractivity contribution in [3.05, 3.63) is 18.0 Å². The highest BCUT2D eigenvalue weighted by Crippen LogP contribution is 2.21. The molecule has 7 nitrogen and oxygen atoms in total. The first-order valence-corrected chi connectivity index (χ1v) is 9.24. The largest absolute Gasteiger partial charge is 0.350 e. The lowest BCUT2D eigenvalue weighted by molar-refractivity contribution is 0.0942. The number of rotatable bonds is 5. The summed E-state index contributed by atoms with van der Waals surface area (Å²) in [6, 6.07) is -0.0478. The van der Waals surface area contributed by atoms with Crippen molar-refractivity contribution in [3.8, 4) is 0 Å². The Bertz CT molecular complexity index is 628. The number of nitrogens with zero attached hydrogens (tertiary/aromatic N) is 3. The molecule has 0 radical (unpaired) electrons. The fourth-order valence-electron chi connectivity index (χ4n) is 2.52. The maximum Gasteiger partial charge on any atom is 0.254 e. The minimum atomic E-state index is -2.96. The van der Waals surface area contributed by atoms with Crippen LogP contribution in [0.2, 0.25) is 0 Å². The van der Waals surface area contributed by atoms with E-state index < -0.39 is 9.84 Å². The molecule has 1 amide bonds. The van der Waals surface area contributed by atoms with Crippen LogP contribution < -0.4 is 10.2 Å². The quantitative estimate of drug-likeness (QED) is 0.853. The van der Waals surface area contributed by atoms with Crippen LogP contribution in [0, 0.1) is 0 Å². The minimum Gasteiger partial charge on any atom is -0.350 e. The number of amides is 1. The van der Waals surface area contributed by atoms with Gasteiger partial charge < -0.3 is 10.2 Å². The normalized spacial score (nSPS) is 20.1. The molecule has 2 heterocycles. The highest BCUT2D eigenvalue weighted by molar-refractivity contribution is 7.91. The molecule has 1 saturated heterocycles. The van der Waals surface area contributed by atoms with Gasteiger partial charge in [0.2, 0.25) is 5.95 Å². The topological polar surface area (TPSA) is 92.3 Å². The number of anilines is 1. The summed E-state index contributed by atoms with van der Waals surface area (Å²) in [6.07, 6.45) is 3.55. The summed E-state index contributed by atoms with van der Waals surface area (Å²) in [5.74, 6) is 0.599. The van der Waals surface area contributed by atoms with Crippen molar-refractivity contribution in [2.45, 2.75) is 39.3 Å². The molecule has 0 spiro atoms. The van der Waals surface area contributed by atoms with Gasteiger partial charge in [-0.05, 0) is 27.2 Å². The molecule has 8 heteroatoms. The predicted molar refractivity (Wildman–Crippen MR) is 84.7 cm³/mol. The summed E-state index contributed by atoms with van der Waals surface area (Å²) >= 11 is 0. The third kappa shape index (κ3) is 3.94. The molecular formula is C14H22N4O3S. The van der Waals surface area contributed by atoms with Gasteiger partial charge in [-0.3, -0.25) is 4.79 Å². The van der Waals surface area contributed by atoms with Gasteiger partial charge in [0.05, 0.1) is 17.1 Å².